The van der Waals surface area contributed by atoms with E-state index in [2.05, 4.69) is 17.3 Å². The van der Waals surface area contributed by atoms with Crippen molar-refractivity contribution in [3.05, 3.63) is 65.7 Å². The SMILES string of the molecule is CN1CCN(C(=O)Cc2ccc(NC(=O)CC(N)c3ccccc3)cc2)CC1. The van der Waals surface area contributed by atoms with E-state index in [1.54, 1.807) is 0 Å². The summed E-state index contributed by atoms with van der Waals surface area (Å²) in [4.78, 5) is 28.8. The van der Waals surface area contributed by atoms with Crippen molar-refractivity contribution in [3.63, 3.8) is 0 Å². The second-order valence-corrected chi connectivity index (χ2v) is 7.33. The van der Waals surface area contributed by atoms with E-state index in [-0.39, 0.29) is 24.3 Å². The second kappa shape index (κ2) is 9.48. The minimum Gasteiger partial charge on any atom is -0.340 e. The van der Waals surface area contributed by atoms with Gasteiger partial charge in [-0.25, -0.2) is 0 Å². The van der Waals surface area contributed by atoms with Crippen LogP contribution in [-0.4, -0.2) is 54.8 Å². The zero-order chi connectivity index (χ0) is 19.9. The van der Waals surface area contributed by atoms with Crippen LogP contribution in [0.3, 0.4) is 0 Å². The molecular formula is C22H28N4O2. The molecule has 28 heavy (non-hydrogen) atoms. The van der Waals surface area contributed by atoms with Crippen LogP contribution in [0.4, 0.5) is 5.69 Å². The molecular weight excluding hydrogens is 352 g/mol. The van der Waals surface area contributed by atoms with Gasteiger partial charge in [-0.1, -0.05) is 42.5 Å². The molecule has 0 aliphatic carbocycles. The standard InChI is InChI=1S/C22H28N4O2/c1-25-11-13-26(14-12-25)22(28)15-17-7-9-19(10-8-17)24-21(27)16-20(23)18-5-3-2-4-6-18/h2-10,20H,11-16,23H2,1H3,(H,24,27). The highest BCUT2D eigenvalue weighted by molar-refractivity contribution is 5.91. The molecule has 0 aromatic heterocycles. The Morgan fingerprint density at radius 2 is 1.64 bits per heavy atom. The first-order valence-corrected chi connectivity index (χ1v) is 9.67. The molecule has 0 radical (unpaired) electrons. The van der Waals surface area contributed by atoms with Gasteiger partial charge in [0.2, 0.25) is 11.8 Å². The lowest BCUT2D eigenvalue weighted by atomic mass is 10.0. The molecule has 6 nitrogen and oxygen atoms in total. The third-order valence-electron chi connectivity index (χ3n) is 5.08. The molecule has 1 aliphatic heterocycles. The minimum absolute atomic E-state index is 0.127. The maximum absolute atomic E-state index is 12.4. The van der Waals surface area contributed by atoms with Gasteiger partial charge in [-0.2, -0.15) is 0 Å². The third kappa shape index (κ3) is 5.65. The number of likely N-dealkylation sites (N-methyl/N-ethyl adjacent to an activating group) is 1. The number of rotatable bonds is 6. The van der Waals surface area contributed by atoms with Gasteiger partial charge in [0.15, 0.2) is 0 Å². The van der Waals surface area contributed by atoms with Crippen LogP contribution in [0, 0.1) is 0 Å². The number of nitrogens with two attached hydrogens (primary N) is 1. The van der Waals surface area contributed by atoms with Crippen LogP contribution >= 0.6 is 0 Å². The van der Waals surface area contributed by atoms with Crippen molar-refractivity contribution in [1.29, 1.82) is 0 Å². The van der Waals surface area contributed by atoms with Crippen LogP contribution in [-0.2, 0) is 16.0 Å². The fourth-order valence-electron chi connectivity index (χ4n) is 3.28. The Bertz CT molecular complexity index is 784. The number of carbonyl (C=O) groups excluding carboxylic acids is 2. The molecule has 1 heterocycles. The summed E-state index contributed by atoms with van der Waals surface area (Å²) >= 11 is 0. The summed E-state index contributed by atoms with van der Waals surface area (Å²) in [5.41, 5.74) is 8.70. The fourth-order valence-corrected chi connectivity index (χ4v) is 3.28. The smallest absolute Gasteiger partial charge is 0.227 e. The van der Waals surface area contributed by atoms with Crippen molar-refractivity contribution in [1.82, 2.24) is 9.80 Å². The molecule has 3 N–H and O–H groups in total. The quantitative estimate of drug-likeness (QED) is 0.804. The maximum atomic E-state index is 12.4. The van der Waals surface area contributed by atoms with E-state index in [4.69, 9.17) is 5.73 Å². The Labute approximate surface area is 166 Å². The highest BCUT2D eigenvalue weighted by atomic mass is 16.2. The van der Waals surface area contributed by atoms with Gasteiger partial charge in [-0.15, -0.1) is 0 Å². The van der Waals surface area contributed by atoms with Crippen molar-refractivity contribution >= 4 is 17.5 Å². The van der Waals surface area contributed by atoms with Crippen molar-refractivity contribution in [2.45, 2.75) is 18.9 Å². The lowest BCUT2D eigenvalue weighted by Crippen LogP contribution is -2.47. The zero-order valence-corrected chi connectivity index (χ0v) is 16.3. The van der Waals surface area contributed by atoms with E-state index < -0.39 is 0 Å². The molecule has 1 atom stereocenters. The van der Waals surface area contributed by atoms with E-state index in [1.807, 2.05) is 59.5 Å². The van der Waals surface area contributed by atoms with Gasteiger partial charge in [0.1, 0.15) is 0 Å². The monoisotopic (exact) mass is 380 g/mol. The summed E-state index contributed by atoms with van der Waals surface area (Å²) in [6.07, 6.45) is 0.602. The first kappa shape index (κ1) is 20.0. The highest BCUT2D eigenvalue weighted by Crippen LogP contribution is 2.16. The number of hydrogen-bond donors (Lipinski definition) is 2. The van der Waals surface area contributed by atoms with E-state index in [0.29, 0.717) is 12.1 Å². The molecule has 1 saturated heterocycles. The molecule has 1 unspecified atom stereocenters. The lowest BCUT2D eigenvalue weighted by Gasteiger charge is -2.32. The number of anilines is 1. The largest absolute Gasteiger partial charge is 0.340 e. The van der Waals surface area contributed by atoms with Crippen molar-refractivity contribution in [3.8, 4) is 0 Å². The Morgan fingerprint density at radius 1 is 1.00 bits per heavy atom. The number of carbonyl (C=O) groups is 2. The molecule has 148 valence electrons. The predicted octanol–water partition coefficient (Wildman–Crippen LogP) is 2.03. The Balaban J connectivity index is 1.48. The van der Waals surface area contributed by atoms with Gasteiger partial charge in [-0.05, 0) is 30.3 Å². The highest BCUT2D eigenvalue weighted by Gasteiger charge is 2.19. The molecule has 2 aromatic carbocycles. The number of hydrogen-bond acceptors (Lipinski definition) is 4. The molecule has 1 aliphatic rings. The normalized spacial score (nSPS) is 15.9. The summed E-state index contributed by atoms with van der Waals surface area (Å²) < 4.78 is 0. The van der Waals surface area contributed by atoms with Crippen LogP contribution in [0.25, 0.3) is 0 Å². The van der Waals surface area contributed by atoms with Crippen LogP contribution in [0.5, 0.6) is 0 Å². The van der Waals surface area contributed by atoms with Gasteiger partial charge >= 0.3 is 0 Å². The Hall–Kier alpha value is -2.70. The second-order valence-electron chi connectivity index (χ2n) is 7.33. The van der Waals surface area contributed by atoms with Crippen molar-refractivity contribution < 1.29 is 9.59 Å². The van der Waals surface area contributed by atoms with Gasteiger partial charge < -0.3 is 20.9 Å². The van der Waals surface area contributed by atoms with E-state index in [0.717, 1.165) is 37.3 Å². The van der Waals surface area contributed by atoms with Crippen LogP contribution < -0.4 is 11.1 Å². The summed E-state index contributed by atoms with van der Waals surface area (Å²) in [7, 11) is 2.07. The van der Waals surface area contributed by atoms with E-state index in [1.165, 1.54) is 0 Å². The number of nitrogens with one attached hydrogen (secondary N) is 1. The molecule has 2 amide bonds. The lowest BCUT2D eigenvalue weighted by molar-refractivity contribution is -0.132. The summed E-state index contributed by atoms with van der Waals surface area (Å²) in [6, 6.07) is 16.7. The van der Waals surface area contributed by atoms with Gasteiger partial charge in [0, 0.05) is 44.3 Å². The van der Waals surface area contributed by atoms with Crippen LogP contribution in [0.15, 0.2) is 54.6 Å². The minimum atomic E-state index is -0.332. The maximum Gasteiger partial charge on any atom is 0.227 e. The zero-order valence-electron chi connectivity index (χ0n) is 16.3. The third-order valence-corrected chi connectivity index (χ3v) is 5.08. The average Bonchev–Trinajstić information content (AvgIpc) is 2.70. The van der Waals surface area contributed by atoms with Gasteiger partial charge in [0.05, 0.1) is 6.42 Å². The van der Waals surface area contributed by atoms with Gasteiger partial charge in [-0.3, -0.25) is 9.59 Å². The van der Waals surface area contributed by atoms with E-state index in [9.17, 15) is 9.59 Å². The topological polar surface area (TPSA) is 78.7 Å². The molecule has 2 aromatic rings. The number of nitrogens with zero attached hydrogens (tertiary/aromatic N) is 2. The van der Waals surface area contributed by atoms with E-state index >= 15 is 0 Å². The summed E-state index contributed by atoms with van der Waals surface area (Å²) in [5, 5.41) is 2.87. The van der Waals surface area contributed by atoms with Crippen molar-refractivity contribution in [2.24, 2.45) is 5.73 Å². The molecule has 0 bridgehead atoms. The molecule has 3 rings (SSSR count). The van der Waals surface area contributed by atoms with Crippen molar-refractivity contribution in [2.75, 3.05) is 38.5 Å². The summed E-state index contributed by atoms with van der Waals surface area (Å²) in [6.45, 7) is 3.40. The fraction of sp³-hybridized carbons (Fsp3) is 0.364. The number of amides is 2. The molecule has 0 saturated carbocycles. The molecule has 0 spiro atoms. The first-order chi connectivity index (χ1) is 13.5. The average molecular weight is 380 g/mol. The Morgan fingerprint density at radius 3 is 2.29 bits per heavy atom. The number of benzene rings is 2. The molecule has 1 fully saturated rings. The number of piperazine rings is 1. The van der Waals surface area contributed by atoms with Crippen LogP contribution in [0.2, 0.25) is 0 Å². The van der Waals surface area contributed by atoms with Crippen LogP contribution in [0.1, 0.15) is 23.6 Å². The Kier molecular flexibility index (Phi) is 6.79. The molecule has 6 heteroatoms. The predicted molar refractivity (Wildman–Crippen MR) is 111 cm³/mol. The first-order valence-electron chi connectivity index (χ1n) is 9.67. The summed E-state index contributed by atoms with van der Waals surface area (Å²) in [5.74, 6) is 0.0244. The van der Waals surface area contributed by atoms with Gasteiger partial charge in [0.25, 0.3) is 0 Å².